The lowest BCUT2D eigenvalue weighted by Gasteiger charge is -2.17. The Hall–Kier alpha value is -2.82. The molecule has 0 aliphatic heterocycles. The number of H-pyrrole nitrogens is 1. The van der Waals surface area contributed by atoms with Gasteiger partial charge in [0.05, 0.1) is 11.6 Å². The van der Waals surface area contributed by atoms with Gasteiger partial charge in [0.15, 0.2) is 0 Å². The maximum atomic E-state index is 11.6. The number of rotatable bonds is 5. The second-order valence-electron chi connectivity index (χ2n) is 7.06. The number of hydrogen-bond donors (Lipinski definition) is 1. The molecule has 0 fully saturated rings. The maximum absolute atomic E-state index is 11.6. The molecule has 29 heavy (non-hydrogen) atoms. The summed E-state index contributed by atoms with van der Waals surface area (Å²) in [6.45, 7) is 1.75. The number of hydrogen-bond acceptors (Lipinski definition) is 2. The molecule has 1 atom stereocenters. The van der Waals surface area contributed by atoms with Crippen molar-refractivity contribution in [3.63, 3.8) is 0 Å². The highest BCUT2D eigenvalue weighted by atomic mass is 35.5. The van der Waals surface area contributed by atoms with Crippen LogP contribution in [0.4, 0.5) is 0 Å². The largest absolute Gasteiger partial charge is 0.354 e. The van der Waals surface area contributed by atoms with Crippen LogP contribution in [0.1, 0.15) is 22.6 Å². The Morgan fingerprint density at radius 3 is 2.45 bits per heavy atom. The third kappa shape index (κ3) is 3.86. The molecule has 0 aliphatic carbocycles. The molecule has 0 amide bonds. The monoisotopic (exact) mass is 424 g/mol. The van der Waals surface area contributed by atoms with Crippen LogP contribution in [0.15, 0.2) is 66.7 Å². The van der Waals surface area contributed by atoms with E-state index in [1.54, 1.807) is 18.2 Å². The molecule has 0 unspecified atom stereocenters. The number of aromatic nitrogens is 1. The Kier molecular flexibility index (Phi) is 5.31. The molecule has 0 bridgehead atoms. The minimum atomic E-state index is -0.526. The molecule has 4 aromatic rings. The molecule has 0 saturated carbocycles. The van der Waals surface area contributed by atoms with E-state index in [4.69, 9.17) is 23.2 Å². The number of para-hydroxylation sites is 1. The van der Waals surface area contributed by atoms with Gasteiger partial charge in [0.1, 0.15) is 0 Å². The van der Waals surface area contributed by atoms with Gasteiger partial charge in [-0.05, 0) is 41.8 Å². The van der Waals surface area contributed by atoms with Crippen molar-refractivity contribution in [2.24, 2.45) is 0 Å². The van der Waals surface area contributed by atoms with E-state index in [0.29, 0.717) is 15.6 Å². The van der Waals surface area contributed by atoms with Gasteiger partial charge in [-0.25, -0.2) is 0 Å². The lowest BCUT2D eigenvalue weighted by molar-refractivity contribution is -0.481. The van der Waals surface area contributed by atoms with E-state index in [0.717, 1.165) is 33.3 Å². The molecule has 4 nitrogen and oxygen atoms in total. The highest BCUT2D eigenvalue weighted by Gasteiger charge is 2.29. The summed E-state index contributed by atoms with van der Waals surface area (Å²) in [4.78, 5) is 14.8. The summed E-state index contributed by atoms with van der Waals surface area (Å²) >= 11 is 12.5. The van der Waals surface area contributed by atoms with Gasteiger partial charge in [0, 0.05) is 25.9 Å². The molecule has 1 N–H and O–H groups in total. The number of benzene rings is 3. The summed E-state index contributed by atoms with van der Waals surface area (Å²) in [6.07, 6.45) is 0. The van der Waals surface area contributed by atoms with Gasteiger partial charge >= 0.3 is 0 Å². The number of fused-ring (bicyclic) bond motifs is 1. The number of halogens is 2. The summed E-state index contributed by atoms with van der Waals surface area (Å²) in [6, 6.07) is 21.1. The first-order chi connectivity index (χ1) is 13.9. The predicted octanol–water partition coefficient (Wildman–Crippen LogP) is 6.86. The zero-order chi connectivity index (χ0) is 20.5. The Bertz CT molecular complexity index is 1200. The molecular weight excluding hydrogens is 407 g/mol. The zero-order valence-electron chi connectivity index (χ0n) is 15.7. The van der Waals surface area contributed by atoms with Crippen molar-refractivity contribution in [3.05, 3.63) is 104 Å². The van der Waals surface area contributed by atoms with Crippen LogP contribution in [-0.4, -0.2) is 16.5 Å². The van der Waals surface area contributed by atoms with Gasteiger partial charge < -0.3 is 4.98 Å². The smallest absolute Gasteiger partial charge is 0.214 e. The fourth-order valence-electron chi connectivity index (χ4n) is 3.75. The maximum Gasteiger partial charge on any atom is 0.214 e. The van der Waals surface area contributed by atoms with Crippen LogP contribution in [-0.2, 0) is 0 Å². The molecule has 1 aromatic heterocycles. The quantitative estimate of drug-likeness (QED) is 0.281. The molecule has 0 aliphatic rings. The van der Waals surface area contributed by atoms with Gasteiger partial charge in [-0.2, -0.15) is 0 Å². The van der Waals surface area contributed by atoms with E-state index in [-0.39, 0.29) is 11.5 Å². The third-order valence-corrected chi connectivity index (χ3v) is 5.67. The van der Waals surface area contributed by atoms with Crippen LogP contribution in [0.2, 0.25) is 10.0 Å². The van der Waals surface area contributed by atoms with Crippen molar-refractivity contribution in [2.75, 3.05) is 6.54 Å². The molecule has 3 aromatic carbocycles. The summed E-state index contributed by atoms with van der Waals surface area (Å²) in [5.74, 6) is -0.526. The Balaban J connectivity index is 2.00. The molecule has 0 saturated heterocycles. The molecule has 0 radical (unpaired) electrons. The van der Waals surface area contributed by atoms with E-state index in [1.807, 2.05) is 55.5 Å². The van der Waals surface area contributed by atoms with Crippen molar-refractivity contribution >= 4 is 34.1 Å². The van der Waals surface area contributed by atoms with Gasteiger partial charge in [-0.1, -0.05) is 77.3 Å². The first-order valence-corrected chi connectivity index (χ1v) is 9.94. The SMILES string of the molecule is Cc1ccc(-c2[nH]c3ccccc3c2[C@H](C[N+](=O)[O-])c2ccc(Cl)cc2Cl)cc1. The van der Waals surface area contributed by atoms with Crippen LogP contribution in [0.3, 0.4) is 0 Å². The standard InChI is InChI=1S/C23H18Cl2N2O2/c1-14-6-8-15(9-7-14)23-22(18-4-2-3-5-21(18)26-23)19(13-27(28)29)17-11-10-16(24)12-20(17)25/h2-12,19,26H,13H2,1H3/t19-/m1/s1. The van der Waals surface area contributed by atoms with Crippen molar-refractivity contribution < 1.29 is 4.92 Å². The second-order valence-corrected chi connectivity index (χ2v) is 7.90. The lowest BCUT2D eigenvalue weighted by atomic mass is 9.87. The molecule has 6 heteroatoms. The molecule has 146 valence electrons. The topological polar surface area (TPSA) is 58.9 Å². The van der Waals surface area contributed by atoms with E-state index >= 15 is 0 Å². The highest BCUT2D eigenvalue weighted by molar-refractivity contribution is 6.35. The van der Waals surface area contributed by atoms with E-state index in [2.05, 4.69) is 4.98 Å². The number of aromatic amines is 1. The first kappa shape index (κ1) is 19.5. The zero-order valence-corrected chi connectivity index (χ0v) is 17.2. The van der Waals surface area contributed by atoms with Crippen molar-refractivity contribution in [1.29, 1.82) is 0 Å². The minimum absolute atomic E-state index is 0.276. The molecule has 1 heterocycles. The van der Waals surface area contributed by atoms with Crippen molar-refractivity contribution in [2.45, 2.75) is 12.8 Å². The van der Waals surface area contributed by atoms with E-state index < -0.39 is 5.92 Å². The Morgan fingerprint density at radius 2 is 1.76 bits per heavy atom. The Labute approximate surface area is 178 Å². The van der Waals surface area contributed by atoms with Gasteiger partial charge in [0.25, 0.3) is 0 Å². The van der Waals surface area contributed by atoms with Crippen LogP contribution < -0.4 is 0 Å². The fourth-order valence-corrected chi connectivity index (χ4v) is 4.29. The molecule has 4 rings (SSSR count). The van der Waals surface area contributed by atoms with Crippen molar-refractivity contribution in [1.82, 2.24) is 4.98 Å². The second kappa shape index (κ2) is 7.90. The van der Waals surface area contributed by atoms with Crippen LogP contribution in [0.25, 0.3) is 22.2 Å². The van der Waals surface area contributed by atoms with E-state index in [9.17, 15) is 10.1 Å². The number of nitrogens with zero attached hydrogens (tertiary/aromatic N) is 1. The molecular formula is C23H18Cl2N2O2. The van der Waals surface area contributed by atoms with E-state index in [1.165, 1.54) is 0 Å². The highest BCUT2D eigenvalue weighted by Crippen LogP contribution is 2.41. The van der Waals surface area contributed by atoms with Gasteiger partial charge in [-0.3, -0.25) is 10.1 Å². The summed E-state index contributed by atoms with van der Waals surface area (Å²) in [5, 5.41) is 13.5. The number of nitrogens with one attached hydrogen (secondary N) is 1. The van der Waals surface area contributed by atoms with Crippen LogP contribution >= 0.6 is 23.2 Å². The average Bonchev–Trinajstić information content (AvgIpc) is 3.06. The number of aryl methyl sites for hydroxylation is 1. The normalized spacial score (nSPS) is 12.2. The number of nitro groups is 1. The Morgan fingerprint density at radius 1 is 1.03 bits per heavy atom. The fraction of sp³-hybridized carbons (Fsp3) is 0.130. The predicted molar refractivity (Wildman–Crippen MR) is 119 cm³/mol. The van der Waals surface area contributed by atoms with Crippen LogP contribution in [0.5, 0.6) is 0 Å². The first-order valence-electron chi connectivity index (χ1n) is 9.18. The average molecular weight is 425 g/mol. The van der Waals surface area contributed by atoms with Gasteiger partial charge in [-0.15, -0.1) is 0 Å². The molecule has 0 spiro atoms. The summed E-state index contributed by atoms with van der Waals surface area (Å²) in [7, 11) is 0. The van der Waals surface area contributed by atoms with Crippen LogP contribution in [0, 0.1) is 17.0 Å². The summed E-state index contributed by atoms with van der Waals surface area (Å²) < 4.78 is 0. The summed E-state index contributed by atoms with van der Waals surface area (Å²) in [5.41, 5.74) is 5.46. The van der Waals surface area contributed by atoms with Crippen molar-refractivity contribution in [3.8, 4) is 11.3 Å². The minimum Gasteiger partial charge on any atom is -0.354 e. The lowest BCUT2D eigenvalue weighted by Crippen LogP contribution is -2.15. The van der Waals surface area contributed by atoms with Gasteiger partial charge in [0.2, 0.25) is 6.54 Å². The third-order valence-electron chi connectivity index (χ3n) is 5.10.